The van der Waals surface area contributed by atoms with Crippen molar-refractivity contribution in [2.24, 2.45) is 0 Å². The van der Waals surface area contributed by atoms with Gasteiger partial charge >= 0.3 is 6.09 Å². The normalized spacial score (nSPS) is 13.6. The van der Waals surface area contributed by atoms with E-state index >= 15 is 0 Å². The molecule has 0 bridgehead atoms. The zero-order valence-corrected chi connectivity index (χ0v) is 9.96. The van der Waals surface area contributed by atoms with Crippen LogP contribution in [-0.2, 0) is 9.47 Å². The van der Waals surface area contributed by atoms with Crippen LogP contribution in [0.3, 0.4) is 0 Å². The fraction of sp³-hybridized carbons (Fsp3) is 0.900. The number of hydrogen-bond acceptors (Lipinski definition) is 3. The monoisotopic (exact) mass is 203 g/mol. The average molecular weight is 203 g/mol. The van der Waals surface area contributed by atoms with E-state index in [9.17, 15) is 4.79 Å². The summed E-state index contributed by atoms with van der Waals surface area (Å²) in [5.74, 6) is 0. The average Bonchev–Trinajstić information content (AvgIpc) is 2.00. The molecule has 14 heavy (non-hydrogen) atoms. The maximum absolute atomic E-state index is 11.5. The molecule has 0 radical (unpaired) electrons. The molecule has 4 heteroatoms. The summed E-state index contributed by atoms with van der Waals surface area (Å²) in [5, 5.41) is 0. The van der Waals surface area contributed by atoms with Crippen LogP contribution < -0.4 is 0 Å². The maximum Gasteiger partial charge on any atom is 0.410 e. The van der Waals surface area contributed by atoms with Gasteiger partial charge in [0.05, 0.1) is 6.10 Å². The van der Waals surface area contributed by atoms with Crippen LogP contribution in [0.25, 0.3) is 0 Å². The molecule has 1 amide bonds. The van der Waals surface area contributed by atoms with Gasteiger partial charge in [-0.25, -0.2) is 4.79 Å². The third-order valence-electron chi connectivity index (χ3n) is 1.64. The Bertz CT molecular complexity index is 186. The molecular formula is C10H21NO3. The molecule has 1 atom stereocenters. The first-order valence-electron chi connectivity index (χ1n) is 4.73. The lowest BCUT2D eigenvalue weighted by atomic mass is 10.2. The first-order valence-corrected chi connectivity index (χ1v) is 4.73. The highest BCUT2D eigenvalue weighted by molar-refractivity contribution is 5.67. The molecule has 84 valence electrons. The topological polar surface area (TPSA) is 38.8 Å². The molecule has 1 unspecified atom stereocenters. The minimum atomic E-state index is -0.443. The third kappa shape index (κ3) is 5.80. The van der Waals surface area contributed by atoms with Gasteiger partial charge in [-0.2, -0.15) is 0 Å². The summed E-state index contributed by atoms with van der Waals surface area (Å²) in [6.45, 7) is 7.97. The van der Waals surface area contributed by atoms with Gasteiger partial charge in [-0.3, -0.25) is 0 Å². The van der Waals surface area contributed by atoms with E-state index in [1.807, 2.05) is 27.7 Å². The van der Waals surface area contributed by atoms with Crippen molar-refractivity contribution in [3.05, 3.63) is 0 Å². The fourth-order valence-electron chi connectivity index (χ4n) is 0.875. The molecule has 0 saturated carbocycles. The van der Waals surface area contributed by atoms with Gasteiger partial charge in [0.25, 0.3) is 0 Å². The Hall–Kier alpha value is -0.770. The smallest absolute Gasteiger partial charge is 0.410 e. The largest absolute Gasteiger partial charge is 0.444 e. The maximum atomic E-state index is 11.5. The van der Waals surface area contributed by atoms with Gasteiger partial charge < -0.3 is 14.4 Å². The lowest BCUT2D eigenvalue weighted by Crippen LogP contribution is -2.38. The van der Waals surface area contributed by atoms with Gasteiger partial charge in [0, 0.05) is 20.7 Å². The standard InChI is InChI=1S/C10H21NO3/c1-8(13-6)7-11(5)9(12)14-10(2,3)4/h8H,7H2,1-6H3. The van der Waals surface area contributed by atoms with Crippen LogP contribution in [0.4, 0.5) is 4.79 Å². The van der Waals surface area contributed by atoms with Crippen molar-refractivity contribution in [1.29, 1.82) is 0 Å². The third-order valence-corrected chi connectivity index (χ3v) is 1.64. The molecule has 0 aromatic carbocycles. The SMILES string of the molecule is COC(C)CN(C)C(=O)OC(C)(C)C. The van der Waals surface area contributed by atoms with Gasteiger partial charge in [-0.1, -0.05) is 0 Å². The van der Waals surface area contributed by atoms with E-state index in [1.54, 1.807) is 14.2 Å². The summed E-state index contributed by atoms with van der Waals surface area (Å²) in [5.41, 5.74) is -0.443. The molecule has 0 aliphatic rings. The molecular weight excluding hydrogens is 182 g/mol. The van der Waals surface area contributed by atoms with E-state index in [1.165, 1.54) is 4.90 Å². The summed E-state index contributed by atoms with van der Waals surface area (Å²) in [6.07, 6.45) is -0.297. The Morgan fingerprint density at radius 2 is 1.93 bits per heavy atom. The summed E-state index contributed by atoms with van der Waals surface area (Å²) in [7, 11) is 3.32. The summed E-state index contributed by atoms with van der Waals surface area (Å²) >= 11 is 0. The lowest BCUT2D eigenvalue weighted by Gasteiger charge is -2.26. The molecule has 0 aromatic rings. The minimum absolute atomic E-state index is 0.0209. The second-order valence-corrected chi connectivity index (χ2v) is 4.41. The molecule has 0 aliphatic carbocycles. The Morgan fingerprint density at radius 3 is 2.29 bits per heavy atom. The Balaban J connectivity index is 4.00. The summed E-state index contributed by atoms with van der Waals surface area (Å²) in [6, 6.07) is 0. The van der Waals surface area contributed by atoms with Crippen LogP contribution in [0.1, 0.15) is 27.7 Å². The van der Waals surface area contributed by atoms with Crippen molar-refractivity contribution < 1.29 is 14.3 Å². The van der Waals surface area contributed by atoms with Gasteiger partial charge in [-0.15, -0.1) is 0 Å². The molecule has 0 aliphatic heterocycles. The molecule has 0 aromatic heterocycles. The second kappa shape index (κ2) is 5.20. The number of likely N-dealkylation sites (N-methyl/N-ethyl adjacent to an activating group) is 1. The molecule has 4 nitrogen and oxygen atoms in total. The van der Waals surface area contributed by atoms with Gasteiger partial charge in [0.2, 0.25) is 0 Å². The van der Waals surface area contributed by atoms with Crippen molar-refractivity contribution in [1.82, 2.24) is 4.90 Å². The zero-order valence-electron chi connectivity index (χ0n) is 9.96. The predicted octanol–water partition coefficient (Wildman–Crippen LogP) is 1.89. The molecule has 0 rings (SSSR count). The van der Waals surface area contributed by atoms with Gasteiger partial charge in [0.15, 0.2) is 0 Å². The number of rotatable bonds is 3. The fourth-order valence-corrected chi connectivity index (χ4v) is 0.875. The van der Waals surface area contributed by atoms with Crippen LogP contribution in [0.15, 0.2) is 0 Å². The number of ether oxygens (including phenoxy) is 2. The number of hydrogen-bond donors (Lipinski definition) is 0. The molecule has 0 heterocycles. The number of amides is 1. The number of carbonyl (C=O) groups excluding carboxylic acids is 1. The molecule has 0 spiro atoms. The molecule has 0 saturated heterocycles. The van der Waals surface area contributed by atoms with E-state index in [0.717, 1.165) is 0 Å². The van der Waals surface area contributed by atoms with E-state index < -0.39 is 5.60 Å². The number of nitrogens with zero attached hydrogens (tertiary/aromatic N) is 1. The van der Waals surface area contributed by atoms with Gasteiger partial charge in [0.1, 0.15) is 5.60 Å². The van der Waals surface area contributed by atoms with Crippen molar-refractivity contribution >= 4 is 6.09 Å². The highest BCUT2D eigenvalue weighted by atomic mass is 16.6. The van der Waals surface area contributed by atoms with Crippen molar-refractivity contribution in [3.8, 4) is 0 Å². The Kier molecular flexibility index (Phi) is 4.91. The highest BCUT2D eigenvalue weighted by Gasteiger charge is 2.20. The quantitative estimate of drug-likeness (QED) is 0.703. The van der Waals surface area contributed by atoms with Crippen molar-refractivity contribution in [2.75, 3.05) is 20.7 Å². The van der Waals surface area contributed by atoms with Crippen LogP contribution in [0.5, 0.6) is 0 Å². The highest BCUT2D eigenvalue weighted by Crippen LogP contribution is 2.09. The Labute approximate surface area is 86.2 Å². The van der Waals surface area contributed by atoms with Crippen molar-refractivity contribution in [2.45, 2.75) is 39.4 Å². The van der Waals surface area contributed by atoms with Crippen LogP contribution >= 0.6 is 0 Å². The number of carbonyl (C=O) groups is 1. The van der Waals surface area contributed by atoms with Crippen LogP contribution in [0, 0.1) is 0 Å². The van der Waals surface area contributed by atoms with Crippen LogP contribution in [0.2, 0.25) is 0 Å². The van der Waals surface area contributed by atoms with E-state index in [0.29, 0.717) is 6.54 Å². The van der Waals surface area contributed by atoms with Gasteiger partial charge in [-0.05, 0) is 27.7 Å². The van der Waals surface area contributed by atoms with E-state index in [4.69, 9.17) is 9.47 Å². The minimum Gasteiger partial charge on any atom is -0.444 e. The predicted molar refractivity (Wildman–Crippen MR) is 55.3 cm³/mol. The lowest BCUT2D eigenvalue weighted by molar-refractivity contribution is 0.0172. The second-order valence-electron chi connectivity index (χ2n) is 4.41. The molecule has 0 fully saturated rings. The van der Waals surface area contributed by atoms with E-state index in [2.05, 4.69) is 0 Å². The Morgan fingerprint density at radius 1 is 1.43 bits per heavy atom. The first-order chi connectivity index (χ1) is 6.26. The first kappa shape index (κ1) is 13.2. The van der Waals surface area contributed by atoms with Crippen molar-refractivity contribution in [3.63, 3.8) is 0 Å². The molecule has 0 N–H and O–H groups in total. The number of methoxy groups -OCH3 is 1. The van der Waals surface area contributed by atoms with E-state index in [-0.39, 0.29) is 12.2 Å². The zero-order chi connectivity index (χ0) is 11.4. The summed E-state index contributed by atoms with van der Waals surface area (Å²) < 4.78 is 10.2. The summed E-state index contributed by atoms with van der Waals surface area (Å²) in [4.78, 5) is 13.0. The van der Waals surface area contributed by atoms with Crippen LogP contribution in [-0.4, -0.2) is 43.4 Å².